The summed E-state index contributed by atoms with van der Waals surface area (Å²) in [6.45, 7) is 2.11. The average molecular weight is 290 g/mol. The van der Waals surface area contributed by atoms with Gasteiger partial charge in [0.25, 0.3) is 0 Å². The zero-order valence-electron chi connectivity index (χ0n) is 12.5. The van der Waals surface area contributed by atoms with Gasteiger partial charge < -0.3 is 5.84 Å². The topological polar surface area (TPSA) is 64.2 Å². The first-order valence-electron chi connectivity index (χ1n) is 7.37. The molecule has 0 radical (unpaired) electrons. The molecule has 0 aliphatic heterocycles. The summed E-state index contributed by atoms with van der Waals surface area (Å²) in [5, 5.41) is 5.05. The molecular weight excluding hydrogens is 272 g/mol. The van der Waals surface area contributed by atoms with E-state index < -0.39 is 0 Å². The highest BCUT2D eigenvalue weighted by atomic mass is 15.1. The molecule has 0 atom stereocenters. The normalized spacial score (nSPS) is 11.8. The second-order valence-electron chi connectivity index (χ2n) is 5.15. The van der Waals surface area contributed by atoms with Crippen LogP contribution < -0.4 is 5.84 Å². The molecule has 0 aliphatic carbocycles. The lowest BCUT2D eigenvalue weighted by atomic mass is 10.1. The lowest BCUT2D eigenvalue weighted by Crippen LogP contribution is -2.11. The first-order chi connectivity index (χ1) is 10.8. The average Bonchev–Trinajstić information content (AvgIpc) is 2.59. The van der Waals surface area contributed by atoms with E-state index in [0.29, 0.717) is 6.42 Å². The van der Waals surface area contributed by atoms with Gasteiger partial charge in [-0.25, -0.2) is 0 Å². The van der Waals surface area contributed by atoms with Gasteiger partial charge in [-0.05, 0) is 36.2 Å². The number of benzene rings is 1. The van der Waals surface area contributed by atoms with Crippen LogP contribution in [0.1, 0.15) is 23.9 Å². The van der Waals surface area contributed by atoms with Crippen LogP contribution in [0.3, 0.4) is 0 Å². The van der Waals surface area contributed by atoms with E-state index in [1.165, 1.54) is 5.56 Å². The highest BCUT2D eigenvalue weighted by Crippen LogP contribution is 2.14. The van der Waals surface area contributed by atoms with Crippen LogP contribution in [-0.2, 0) is 12.8 Å². The van der Waals surface area contributed by atoms with Crippen LogP contribution in [-0.4, -0.2) is 15.7 Å². The molecule has 3 aromatic rings. The molecule has 0 aliphatic rings. The van der Waals surface area contributed by atoms with Crippen molar-refractivity contribution < 1.29 is 0 Å². The van der Waals surface area contributed by atoms with Gasteiger partial charge >= 0.3 is 0 Å². The number of hydrazone groups is 1. The third-order valence-corrected chi connectivity index (χ3v) is 3.69. The number of pyridine rings is 2. The minimum absolute atomic E-state index is 0.571. The quantitative estimate of drug-likeness (QED) is 0.456. The second-order valence-corrected chi connectivity index (χ2v) is 5.15. The van der Waals surface area contributed by atoms with Gasteiger partial charge in [-0.1, -0.05) is 31.2 Å². The Morgan fingerprint density at radius 2 is 2.00 bits per heavy atom. The maximum Gasteiger partial charge on any atom is 0.0915 e. The molecule has 2 heterocycles. The van der Waals surface area contributed by atoms with E-state index in [0.717, 1.165) is 34.4 Å². The van der Waals surface area contributed by atoms with Gasteiger partial charge in [-0.3, -0.25) is 9.97 Å². The smallest absolute Gasteiger partial charge is 0.0915 e. The molecule has 0 spiro atoms. The maximum atomic E-state index is 5.58. The number of nitrogens with zero attached hydrogens (tertiary/aromatic N) is 3. The van der Waals surface area contributed by atoms with Crippen LogP contribution in [0, 0.1) is 0 Å². The Labute approximate surface area is 129 Å². The van der Waals surface area contributed by atoms with Crippen LogP contribution in [0.2, 0.25) is 0 Å². The Kier molecular flexibility index (Phi) is 4.10. The van der Waals surface area contributed by atoms with Crippen molar-refractivity contribution in [1.82, 2.24) is 9.97 Å². The minimum atomic E-state index is 0.571. The first kappa shape index (κ1) is 14.2. The number of nitrogens with two attached hydrogens (primary N) is 1. The van der Waals surface area contributed by atoms with Crippen molar-refractivity contribution in [2.75, 3.05) is 0 Å². The van der Waals surface area contributed by atoms with Crippen molar-refractivity contribution in [2.24, 2.45) is 10.9 Å². The molecule has 0 bridgehead atoms. The van der Waals surface area contributed by atoms with Gasteiger partial charge in [-0.15, -0.1) is 0 Å². The Morgan fingerprint density at radius 3 is 2.82 bits per heavy atom. The van der Waals surface area contributed by atoms with E-state index in [4.69, 9.17) is 5.84 Å². The molecule has 3 rings (SSSR count). The number of fused-ring (bicyclic) bond motifs is 1. The van der Waals surface area contributed by atoms with E-state index in [2.05, 4.69) is 34.1 Å². The van der Waals surface area contributed by atoms with E-state index in [-0.39, 0.29) is 0 Å². The number of aromatic nitrogens is 2. The molecule has 0 unspecified atom stereocenters. The molecule has 0 saturated carbocycles. The Hall–Kier alpha value is -2.75. The van der Waals surface area contributed by atoms with Gasteiger partial charge in [0, 0.05) is 23.7 Å². The van der Waals surface area contributed by atoms with Gasteiger partial charge in [0.05, 0.1) is 16.9 Å². The van der Waals surface area contributed by atoms with E-state index in [1.807, 2.05) is 36.4 Å². The molecule has 0 saturated heterocycles. The van der Waals surface area contributed by atoms with Crippen LogP contribution in [0.4, 0.5) is 0 Å². The number of hydrogen-bond donors (Lipinski definition) is 1. The summed E-state index contributed by atoms with van der Waals surface area (Å²) in [5.41, 5.74) is 4.70. The summed E-state index contributed by atoms with van der Waals surface area (Å²) < 4.78 is 0. The van der Waals surface area contributed by atoms with Crippen LogP contribution in [0.15, 0.2) is 59.8 Å². The summed E-state index contributed by atoms with van der Waals surface area (Å²) >= 11 is 0. The summed E-state index contributed by atoms with van der Waals surface area (Å²) in [6, 6.07) is 16.2. The lowest BCUT2D eigenvalue weighted by molar-refractivity contribution is 1.08. The van der Waals surface area contributed by atoms with Crippen molar-refractivity contribution >= 4 is 16.6 Å². The predicted octanol–water partition coefficient (Wildman–Crippen LogP) is 3.10. The van der Waals surface area contributed by atoms with E-state index in [1.54, 1.807) is 6.20 Å². The molecule has 2 N–H and O–H groups in total. The molecule has 4 heteroatoms. The van der Waals surface area contributed by atoms with Crippen molar-refractivity contribution in [1.29, 1.82) is 0 Å². The van der Waals surface area contributed by atoms with Crippen molar-refractivity contribution in [2.45, 2.75) is 19.8 Å². The Bertz CT molecular complexity index is 824. The molecule has 110 valence electrons. The fourth-order valence-electron chi connectivity index (χ4n) is 2.43. The van der Waals surface area contributed by atoms with Gasteiger partial charge in [0.15, 0.2) is 0 Å². The fraction of sp³-hybridized carbons (Fsp3) is 0.167. The third kappa shape index (κ3) is 2.96. The number of aryl methyl sites for hydroxylation is 1. The maximum absolute atomic E-state index is 5.58. The van der Waals surface area contributed by atoms with Crippen molar-refractivity contribution in [3.8, 4) is 0 Å². The van der Waals surface area contributed by atoms with Crippen LogP contribution in [0.25, 0.3) is 10.9 Å². The third-order valence-electron chi connectivity index (χ3n) is 3.69. The monoisotopic (exact) mass is 290 g/mol. The fourth-order valence-corrected chi connectivity index (χ4v) is 2.43. The number of para-hydroxylation sites is 1. The van der Waals surface area contributed by atoms with Gasteiger partial charge in [-0.2, -0.15) is 5.10 Å². The molecule has 1 aromatic carbocycles. The molecule has 22 heavy (non-hydrogen) atoms. The summed E-state index contributed by atoms with van der Waals surface area (Å²) in [7, 11) is 0. The summed E-state index contributed by atoms with van der Waals surface area (Å²) in [6.07, 6.45) is 3.33. The Balaban J connectivity index is 1.91. The standard InChI is InChI=1S/C18H18N4/c1-2-13-9-10-20-17(11-13)18(22-19)12-15-8-7-14-5-3-4-6-16(14)21-15/h3-11H,2,12,19H2,1H3. The highest BCUT2D eigenvalue weighted by Gasteiger charge is 2.09. The van der Waals surface area contributed by atoms with Crippen molar-refractivity contribution in [3.05, 3.63) is 71.7 Å². The summed E-state index contributed by atoms with van der Waals surface area (Å²) in [5.74, 6) is 5.58. The number of rotatable bonds is 4. The molecule has 2 aromatic heterocycles. The first-order valence-corrected chi connectivity index (χ1v) is 7.37. The minimum Gasteiger partial charge on any atom is -0.323 e. The Morgan fingerprint density at radius 1 is 1.14 bits per heavy atom. The molecule has 4 nitrogen and oxygen atoms in total. The lowest BCUT2D eigenvalue weighted by Gasteiger charge is -2.07. The molecule has 0 fully saturated rings. The number of hydrogen-bond acceptors (Lipinski definition) is 4. The summed E-state index contributed by atoms with van der Waals surface area (Å²) in [4.78, 5) is 9.05. The SMILES string of the molecule is CCc1ccnc(C(Cc2ccc3ccccc3n2)=NN)c1. The second kappa shape index (κ2) is 6.35. The largest absolute Gasteiger partial charge is 0.323 e. The molecular formula is C18H18N4. The van der Waals surface area contributed by atoms with Gasteiger partial charge in [0.2, 0.25) is 0 Å². The zero-order chi connectivity index (χ0) is 15.4. The van der Waals surface area contributed by atoms with Crippen LogP contribution >= 0.6 is 0 Å². The van der Waals surface area contributed by atoms with Crippen LogP contribution in [0.5, 0.6) is 0 Å². The van der Waals surface area contributed by atoms with E-state index in [9.17, 15) is 0 Å². The van der Waals surface area contributed by atoms with Gasteiger partial charge in [0.1, 0.15) is 0 Å². The van der Waals surface area contributed by atoms with Crippen molar-refractivity contribution in [3.63, 3.8) is 0 Å². The zero-order valence-corrected chi connectivity index (χ0v) is 12.5. The molecule has 0 amide bonds. The predicted molar refractivity (Wildman–Crippen MR) is 89.8 cm³/mol. The highest BCUT2D eigenvalue weighted by molar-refractivity contribution is 6.00. The van der Waals surface area contributed by atoms with E-state index >= 15 is 0 Å².